The van der Waals surface area contributed by atoms with Gasteiger partial charge in [-0.3, -0.25) is 0 Å². The van der Waals surface area contributed by atoms with Gasteiger partial charge in [0.25, 0.3) is 0 Å². The lowest BCUT2D eigenvalue weighted by Crippen LogP contribution is -2.00. The van der Waals surface area contributed by atoms with Crippen LogP contribution < -0.4 is 5.73 Å². The fraction of sp³-hybridized carbons (Fsp3) is 0.455. The first kappa shape index (κ1) is 12.1. The van der Waals surface area contributed by atoms with Gasteiger partial charge in [0.05, 0.1) is 0 Å². The molecule has 2 N–H and O–H groups in total. The standard InChI is InChI=1S/C11H16BrNS/c1-3-8(2)14-11-6-10(12)5-4-9(11)7-13/h4-6,8H,3,7,13H2,1-2H3. The first-order valence-corrected chi connectivity index (χ1v) is 6.49. The summed E-state index contributed by atoms with van der Waals surface area (Å²) in [6.45, 7) is 5.07. The first-order chi connectivity index (χ1) is 6.67. The maximum atomic E-state index is 5.69. The molecule has 0 aliphatic rings. The quantitative estimate of drug-likeness (QED) is 0.845. The predicted octanol–water partition coefficient (Wildman–Crippen LogP) is 3.80. The number of hydrogen-bond donors (Lipinski definition) is 1. The minimum Gasteiger partial charge on any atom is -0.326 e. The Bertz CT molecular complexity index is 301. The third-order valence-corrected chi connectivity index (χ3v) is 4.02. The van der Waals surface area contributed by atoms with E-state index in [0.29, 0.717) is 11.8 Å². The summed E-state index contributed by atoms with van der Waals surface area (Å²) < 4.78 is 1.13. The van der Waals surface area contributed by atoms with Crippen molar-refractivity contribution in [3.63, 3.8) is 0 Å². The van der Waals surface area contributed by atoms with Crippen LogP contribution in [0.25, 0.3) is 0 Å². The Labute approximate surface area is 98.6 Å². The SMILES string of the molecule is CCC(C)Sc1cc(Br)ccc1CN. The van der Waals surface area contributed by atoms with Crippen LogP contribution in [0.4, 0.5) is 0 Å². The second kappa shape index (κ2) is 5.79. The molecule has 14 heavy (non-hydrogen) atoms. The fourth-order valence-electron chi connectivity index (χ4n) is 1.11. The van der Waals surface area contributed by atoms with Crippen LogP contribution in [-0.2, 0) is 6.54 Å². The van der Waals surface area contributed by atoms with Crippen LogP contribution in [0.1, 0.15) is 25.8 Å². The van der Waals surface area contributed by atoms with Crippen molar-refractivity contribution in [2.45, 2.75) is 37.0 Å². The molecule has 0 aliphatic carbocycles. The van der Waals surface area contributed by atoms with Crippen molar-refractivity contribution in [3.05, 3.63) is 28.2 Å². The zero-order valence-corrected chi connectivity index (χ0v) is 11.0. The van der Waals surface area contributed by atoms with E-state index in [1.165, 1.54) is 16.9 Å². The van der Waals surface area contributed by atoms with Crippen LogP contribution >= 0.6 is 27.7 Å². The molecule has 1 unspecified atom stereocenters. The van der Waals surface area contributed by atoms with Gasteiger partial charge in [-0.1, -0.05) is 35.8 Å². The Morgan fingerprint density at radius 2 is 2.21 bits per heavy atom. The van der Waals surface area contributed by atoms with E-state index in [0.717, 1.165) is 4.47 Å². The van der Waals surface area contributed by atoms with Gasteiger partial charge in [0, 0.05) is 21.2 Å². The number of rotatable bonds is 4. The monoisotopic (exact) mass is 273 g/mol. The maximum absolute atomic E-state index is 5.69. The summed E-state index contributed by atoms with van der Waals surface area (Å²) in [5, 5.41) is 0.648. The Kier molecular flexibility index (Phi) is 4.99. The molecule has 1 nitrogen and oxygen atoms in total. The third kappa shape index (κ3) is 3.30. The number of thioether (sulfide) groups is 1. The van der Waals surface area contributed by atoms with Gasteiger partial charge < -0.3 is 5.73 Å². The molecule has 78 valence electrons. The molecule has 0 heterocycles. The molecule has 0 aliphatic heterocycles. The molecule has 0 saturated heterocycles. The Morgan fingerprint density at radius 3 is 2.79 bits per heavy atom. The summed E-state index contributed by atoms with van der Waals surface area (Å²) >= 11 is 5.38. The van der Waals surface area contributed by atoms with Gasteiger partial charge in [-0.2, -0.15) is 0 Å². The van der Waals surface area contributed by atoms with Crippen molar-refractivity contribution in [1.29, 1.82) is 0 Å². The summed E-state index contributed by atoms with van der Waals surface area (Å²) in [7, 11) is 0. The van der Waals surface area contributed by atoms with Crippen molar-refractivity contribution in [2.24, 2.45) is 5.73 Å². The average Bonchev–Trinajstić information content (AvgIpc) is 2.18. The van der Waals surface area contributed by atoms with Crippen molar-refractivity contribution < 1.29 is 0 Å². The lowest BCUT2D eigenvalue weighted by molar-refractivity contribution is 0.902. The highest BCUT2D eigenvalue weighted by atomic mass is 79.9. The molecule has 0 saturated carbocycles. The molecule has 3 heteroatoms. The number of hydrogen-bond acceptors (Lipinski definition) is 2. The predicted molar refractivity (Wildman–Crippen MR) is 67.6 cm³/mol. The number of benzene rings is 1. The van der Waals surface area contributed by atoms with E-state index in [-0.39, 0.29) is 0 Å². The largest absolute Gasteiger partial charge is 0.326 e. The van der Waals surface area contributed by atoms with Crippen molar-refractivity contribution in [2.75, 3.05) is 0 Å². The van der Waals surface area contributed by atoms with Gasteiger partial charge in [0.15, 0.2) is 0 Å². The highest BCUT2D eigenvalue weighted by Crippen LogP contribution is 2.30. The smallest absolute Gasteiger partial charge is 0.0189 e. The van der Waals surface area contributed by atoms with E-state index >= 15 is 0 Å². The lowest BCUT2D eigenvalue weighted by Gasteiger charge is -2.12. The van der Waals surface area contributed by atoms with Gasteiger partial charge in [-0.15, -0.1) is 11.8 Å². The van der Waals surface area contributed by atoms with Crippen molar-refractivity contribution in [1.82, 2.24) is 0 Å². The Balaban J connectivity index is 2.87. The van der Waals surface area contributed by atoms with Crippen LogP contribution in [0.15, 0.2) is 27.6 Å². The maximum Gasteiger partial charge on any atom is 0.0189 e. The van der Waals surface area contributed by atoms with Crippen molar-refractivity contribution >= 4 is 27.7 Å². The van der Waals surface area contributed by atoms with Gasteiger partial charge in [-0.25, -0.2) is 0 Å². The summed E-state index contributed by atoms with van der Waals surface area (Å²) in [4.78, 5) is 1.30. The van der Waals surface area contributed by atoms with Gasteiger partial charge in [0.1, 0.15) is 0 Å². The van der Waals surface area contributed by atoms with Crippen LogP contribution in [0.2, 0.25) is 0 Å². The van der Waals surface area contributed by atoms with E-state index < -0.39 is 0 Å². The molecule has 0 bridgehead atoms. The van der Waals surface area contributed by atoms with Crippen LogP contribution in [0, 0.1) is 0 Å². The minimum atomic E-state index is 0.617. The van der Waals surface area contributed by atoms with Crippen LogP contribution in [0.3, 0.4) is 0 Å². The highest BCUT2D eigenvalue weighted by Gasteiger charge is 2.06. The highest BCUT2D eigenvalue weighted by molar-refractivity contribution is 9.10. The topological polar surface area (TPSA) is 26.0 Å². The summed E-state index contributed by atoms with van der Waals surface area (Å²) in [5.41, 5.74) is 6.92. The second-order valence-corrected chi connectivity index (χ2v) is 5.69. The van der Waals surface area contributed by atoms with E-state index in [1.54, 1.807) is 0 Å². The molecule has 0 spiro atoms. The van der Waals surface area contributed by atoms with Gasteiger partial charge in [-0.05, 0) is 24.1 Å². The average molecular weight is 274 g/mol. The van der Waals surface area contributed by atoms with E-state index in [9.17, 15) is 0 Å². The summed E-state index contributed by atoms with van der Waals surface area (Å²) in [6.07, 6.45) is 1.18. The third-order valence-electron chi connectivity index (χ3n) is 2.15. The fourth-order valence-corrected chi connectivity index (χ4v) is 2.72. The molecule has 0 fully saturated rings. The van der Waals surface area contributed by atoms with Gasteiger partial charge in [0.2, 0.25) is 0 Å². The first-order valence-electron chi connectivity index (χ1n) is 4.82. The zero-order valence-electron chi connectivity index (χ0n) is 8.59. The number of halogens is 1. The molecule has 0 amide bonds. The minimum absolute atomic E-state index is 0.617. The zero-order chi connectivity index (χ0) is 10.6. The van der Waals surface area contributed by atoms with E-state index in [2.05, 4.69) is 41.9 Å². The summed E-state index contributed by atoms with van der Waals surface area (Å²) in [5.74, 6) is 0. The second-order valence-electron chi connectivity index (χ2n) is 3.29. The van der Waals surface area contributed by atoms with Gasteiger partial charge >= 0.3 is 0 Å². The van der Waals surface area contributed by atoms with Crippen LogP contribution in [0.5, 0.6) is 0 Å². The molecule has 1 aromatic rings. The lowest BCUT2D eigenvalue weighted by atomic mass is 10.2. The molecule has 1 aromatic carbocycles. The van der Waals surface area contributed by atoms with Crippen molar-refractivity contribution in [3.8, 4) is 0 Å². The molecular weight excluding hydrogens is 258 g/mol. The van der Waals surface area contributed by atoms with E-state index in [4.69, 9.17) is 5.73 Å². The number of nitrogens with two attached hydrogens (primary N) is 1. The van der Waals surface area contributed by atoms with Crippen LogP contribution in [-0.4, -0.2) is 5.25 Å². The Hall–Kier alpha value is 0.01000. The summed E-state index contributed by atoms with van der Waals surface area (Å²) in [6, 6.07) is 6.29. The van der Waals surface area contributed by atoms with E-state index in [1.807, 2.05) is 17.8 Å². The molecule has 0 aromatic heterocycles. The Morgan fingerprint density at radius 1 is 1.50 bits per heavy atom. The molecule has 0 radical (unpaired) electrons. The molecule has 1 rings (SSSR count). The molecule has 1 atom stereocenters. The normalized spacial score (nSPS) is 12.9. The molecular formula is C11H16BrNS.